The van der Waals surface area contributed by atoms with Crippen LogP contribution in [0.2, 0.25) is 0 Å². The van der Waals surface area contributed by atoms with Crippen molar-refractivity contribution in [2.24, 2.45) is 0 Å². The molecule has 1 aromatic carbocycles. The lowest BCUT2D eigenvalue weighted by Gasteiger charge is -2.07. The number of ether oxygens (including phenoxy) is 1. The minimum absolute atomic E-state index is 0.217. The zero-order valence-electron chi connectivity index (χ0n) is 13.1. The van der Waals surface area contributed by atoms with Crippen LogP contribution < -0.4 is 15.4 Å². The molecule has 1 aromatic heterocycles. The molecule has 22 heavy (non-hydrogen) atoms. The number of amides is 2. The SMILES string of the molecule is COc1ccc(NC(=O)NCCc2nc(C(C)C)cs2)cc1. The van der Waals surface area contributed by atoms with Gasteiger partial charge in [0.25, 0.3) is 0 Å². The van der Waals surface area contributed by atoms with Crippen LogP contribution >= 0.6 is 11.3 Å². The molecule has 2 amide bonds. The molecule has 2 N–H and O–H groups in total. The van der Waals surface area contributed by atoms with E-state index < -0.39 is 0 Å². The van der Waals surface area contributed by atoms with E-state index in [1.807, 2.05) is 0 Å². The summed E-state index contributed by atoms with van der Waals surface area (Å²) >= 11 is 1.64. The van der Waals surface area contributed by atoms with Gasteiger partial charge in [-0.2, -0.15) is 0 Å². The minimum atomic E-state index is -0.217. The molecule has 0 fully saturated rings. The van der Waals surface area contributed by atoms with Gasteiger partial charge in [-0.05, 0) is 30.2 Å². The molecular weight excluding hydrogens is 298 g/mol. The average molecular weight is 319 g/mol. The molecule has 2 aromatic rings. The van der Waals surface area contributed by atoms with Crippen molar-refractivity contribution in [3.05, 3.63) is 40.3 Å². The number of carbonyl (C=O) groups is 1. The van der Waals surface area contributed by atoms with Crippen molar-refractivity contribution in [2.45, 2.75) is 26.2 Å². The number of rotatable bonds is 6. The van der Waals surface area contributed by atoms with Gasteiger partial charge >= 0.3 is 6.03 Å². The maximum absolute atomic E-state index is 11.8. The summed E-state index contributed by atoms with van der Waals surface area (Å²) in [4.78, 5) is 16.3. The van der Waals surface area contributed by atoms with Crippen LogP contribution in [0.25, 0.3) is 0 Å². The molecular formula is C16H21N3O2S. The van der Waals surface area contributed by atoms with Crippen molar-refractivity contribution in [1.82, 2.24) is 10.3 Å². The summed E-state index contributed by atoms with van der Waals surface area (Å²) in [5, 5.41) is 8.74. The smallest absolute Gasteiger partial charge is 0.319 e. The van der Waals surface area contributed by atoms with Gasteiger partial charge in [-0.1, -0.05) is 13.8 Å². The molecule has 6 heteroatoms. The predicted octanol–water partition coefficient (Wildman–Crippen LogP) is 3.64. The first-order chi connectivity index (χ1) is 10.6. The fourth-order valence-electron chi connectivity index (χ4n) is 1.84. The third-order valence-corrected chi connectivity index (χ3v) is 4.06. The van der Waals surface area contributed by atoms with Crippen molar-refractivity contribution in [2.75, 3.05) is 19.0 Å². The maximum atomic E-state index is 11.8. The van der Waals surface area contributed by atoms with E-state index in [1.165, 1.54) is 0 Å². The molecule has 0 spiro atoms. The Labute approximate surface area is 134 Å². The summed E-state index contributed by atoms with van der Waals surface area (Å²) in [7, 11) is 1.61. The van der Waals surface area contributed by atoms with Crippen LogP contribution in [-0.2, 0) is 6.42 Å². The Kier molecular flexibility index (Phi) is 5.77. The quantitative estimate of drug-likeness (QED) is 0.854. The highest BCUT2D eigenvalue weighted by Gasteiger charge is 2.06. The summed E-state index contributed by atoms with van der Waals surface area (Å²) in [6.07, 6.45) is 0.743. The van der Waals surface area contributed by atoms with Gasteiger partial charge in [0.1, 0.15) is 5.75 Å². The molecule has 0 aliphatic carbocycles. The van der Waals surface area contributed by atoms with Crippen LogP contribution in [0.15, 0.2) is 29.6 Å². The number of benzene rings is 1. The van der Waals surface area contributed by atoms with Gasteiger partial charge in [-0.15, -0.1) is 11.3 Å². The number of carbonyl (C=O) groups excluding carboxylic acids is 1. The van der Waals surface area contributed by atoms with Gasteiger partial charge in [-0.3, -0.25) is 0 Å². The van der Waals surface area contributed by atoms with Crippen LogP contribution in [0.3, 0.4) is 0 Å². The first-order valence-corrected chi connectivity index (χ1v) is 8.09. The Bertz CT molecular complexity index is 608. The van der Waals surface area contributed by atoms with E-state index in [0.29, 0.717) is 12.5 Å². The lowest BCUT2D eigenvalue weighted by molar-refractivity contribution is 0.252. The maximum Gasteiger partial charge on any atom is 0.319 e. The molecule has 5 nitrogen and oxygen atoms in total. The lowest BCUT2D eigenvalue weighted by atomic mass is 10.2. The van der Waals surface area contributed by atoms with Crippen LogP contribution in [0.1, 0.15) is 30.5 Å². The second-order valence-electron chi connectivity index (χ2n) is 5.18. The summed E-state index contributed by atoms with van der Waals surface area (Å²) in [5.74, 6) is 1.20. The van der Waals surface area contributed by atoms with Crippen molar-refractivity contribution < 1.29 is 9.53 Å². The second-order valence-corrected chi connectivity index (χ2v) is 6.12. The van der Waals surface area contributed by atoms with Crippen LogP contribution in [0, 0.1) is 0 Å². The Hall–Kier alpha value is -2.08. The number of nitrogens with one attached hydrogen (secondary N) is 2. The first kappa shape index (κ1) is 16.3. The molecule has 0 aliphatic rings. The molecule has 2 rings (SSSR count). The molecule has 0 aliphatic heterocycles. The Morgan fingerprint density at radius 2 is 2.05 bits per heavy atom. The van der Waals surface area contributed by atoms with E-state index in [2.05, 4.69) is 34.8 Å². The standard InChI is InChI=1S/C16H21N3O2S/c1-11(2)14-10-22-15(19-14)8-9-17-16(20)18-12-4-6-13(21-3)7-5-12/h4-7,10-11H,8-9H2,1-3H3,(H2,17,18,20). The van der Waals surface area contributed by atoms with E-state index in [4.69, 9.17) is 4.74 Å². The van der Waals surface area contributed by atoms with Gasteiger partial charge < -0.3 is 15.4 Å². The molecule has 0 unspecified atom stereocenters. The highest BCUT2D eigenvalue weighted by atomic mass is 32.1. The second kappa shape index (κ2) is 7.79. The summed E-state index contributed by atoms with van der Waals surface area (Å²) in [6.45, 7) is 4.81. The van der Waals surface area contributed by atoms with Gasteiger partial charge in [0.15, 0.2) is 0 Å². The van der Waals surface area contributed by atoms with Gasteiger partial charge in [-0.25, -0.2) is 9.78 Å². The number of nitrogens with zero attached hydrogens (tertiary/aromatic N) is 1. The number of urea groups is 1. The van der Waals surface area contributed by atoms with Gasteiger partial charge in [0.05, 0.1) is 17.8 Å². The first-order valence-electron chi connectivity index (χ1n) is 7.21. The van der Waals surface area contributed by atoms with Crippen LogP contribution in [-0.4, -0.2) is 24.7 Å². The molecule has 118 valence electrons. The van der Waals surface area contributed by atoms with E-state index in [-0.39, 0.29) is 6.03 Å². The van der Waals surface area contributed by atoms with Crippen molar-refractivity contribution in [3.63, 3.8) is 0 Å². The number of aromatic nitrogens is 1. The fourth-order valence-corrected chi connectivity index (χ4v) is 2.80. The highest BCUT2D eigenvalue weighted by Crippen LogP contribution is 2.18. The fraction of sp³-hybridized carbons (Fsp3) is 0.375. The molecule has 1 heterocycles. The summed E-state index contributed by atoms with van der Waals surface area (Å²) in [5.41, 5.74) is 1.84. The van der Waals surface area contributed by atoms with Crippen molar-refractivity contribution in [3.8, 4) is 5.75 Å². The zero-order valence-corrected chi connectivity index (χ0v) is 13.9. The summed E-state index contributed by atoms with van der Waals surface area (Å²) < 4.78 is 5.07. The number of methoxy groups -OCH3 is 1. The Morgan fingerprint density at radius 1 is 1.32 bits per heavy atom. The zero-order chi connectivity index (χ0) is 15.9. The highest BCUT2D eigenvalue weighted by molar-refractivity contribution is 7.09. The van der Waals surface area contributed by atoms with Crippen LogP contribution in [0.4, 0.5) is 10.5 Å². The number of hydrogen-bond donors (Lipinski definition) is 2. The third kappa shape index (κ3) is 4.73. The monoisotopic (exact) mass is 319 g/mol. The van der Waals surface area contributed by atoms with Crippen molar-refractivity contribution in [1.29, 1.82) is 0 Å². The molecule has 0 radical (unpaired) electrons. The van der Waals surface area contributed by atoms with Gasteiger partial charge in [0, 0.05) is 24.0 Å². The lowest BCUT2D eigenvalue weighted by Crippen LogP contribution is -2.30. The van der Waals surface area contributed by atoms with E-state index >= 15 is 0 Å². The average Bonchev–Trinajstić information content (AvgIpc) is 2.97. The topological polar surface area (TPSA) is 63.2 Å². The molecule has 0 bridgehead atoms. The number of hydrogen-bond acceptors (Lipinski definition) is 4. The normalized spacial score (nSPS) is 10.5. The minimum Gasteiger partial charge on any atom is -0.497 e. The molecule has 0 saturated heterocycles. The number of thiazole rings is 1. The molecule has 0 atom stereocenters. The summed E-state index contributed by atoms with van der Waals surface area (Å²) in [6, 6.07) is 6.99. The number of anilines is 1. The van der Waals surface area contributed by atoms with E-state index in [0.717, 1.165) is 28.6 Å². The van der Waals surface area contributed by atoms with Crippen molar-refractivity contribution >= 4 is 23.1 Å². The van der Waals surface area contributed by atoms with E-state index in [9.17, 15) is 4.79 Å². The molecule has 0 saturated carbocycles. The predicted molar refractivity (Wildman–Crippen MR) is 89.9 cm³/mol. The van der Waals surface area contributed by atoms with Gasteiger partial charge in [0.2, 0.25) is 0 Å². The Morgan fingerprint density at radius 3 is 2.64 bits per heavy atom. The third-order valence-electron chi connectivity index (χ3n) is 3.13. The van der Waals surface area contributed by atoms with Crippen LogP contribution in [0.5, 0.6) is 5.75 Å². The Balaban J connectivity index is 1.74. The van der Waals surface area contributed by atoms with E-state index in [1.54, 1.807) is 42.7 Å². The largest absolute Gasteiger partial charge is 0.497 e.